The van der Waals surface area contributed by atoms with Gasteiger partial charge in [-0.3, -0.25) is 9.69 Å². The van der Waals surface area contributed by atoms with Gasteiger partial charge in [-0.05, 0) is 26.0 Å². The van der Waals surface area contributed by atoms with E-state index in [0.717, 1.165) is 86.2 Å². The normalized spacial score (nSPS) is 17.4. The molecular weight excluding hydrogens is 496 g/mol. The Morgan fingerprint density at radius 1 is 0.895 bits per heavy atom. The highest BCUT2D eigenvalue weighted by atomic mass is 35.5. The number of carbonyl (C=O) groups excluding carboxylic acids is 1. The first kappa shape index (κ1) is 25.2. The lowest BCUT2D eigenvalue weighted by molar-refractivity contribution is 0.0923. The summed E-state index contributed by atoms with van der Waals surface area (Å²) < 4.78 is 1.93. The Kier molecular flexibility index (Phi) is 7.24. The van der Waals surface area contributed by atoms with Gasteiger partial charge in [0.05, 0.1) is 17.0 Å². The molecule has 2 aromatic heterocycles. The molecule has 1 saturated heterocycles. The molecule has 0 N–H and O–H groups in total. The third-order valence-electron chi connectivity index (χ3n) is 8.02. The number of halogens is 1. The number of rotatable bonds is 7. The number of fused-ring (bicyclic) bond motifs is 1. The molecule has 1 aliphatic heterocycles. The van der Waals surface area contributed by atoms with E-state index in [1.807, 2.05) is 59.3 Å². The fourth-order valence-electron chi connectivity index (χ4n) is 5.71. The van der Waals surface area contributed by atoms with Crippen LogP contribution >= 0.6 is 11.6 Å². The van der Waals surface area contributed by atoms with Crippen LogP contribution in [0.25, 0.3) is 33.5 Å². The van der Waals surface area contributed by atoms with Crippen LogP contribution in [0.15, 0.2) is 54.6 Å². The molecule has 0 bridgehead atoms. The number of hydrogen-bond acceptors (Lipinski definition) is 6. The van der Waals surface area contributed by atoms with Crippen LogP contribution in [0.2, 0.25) is 5.02 Å². The Morgan fingerprint density at radius 2 is 1.63 bits per heavy atom. The summed E-state index contributed by atoms with van der Waals surface area (Å²) in [6.45, 7) is 5.79. The van der Waals surface area contributed by atoms with E-state index >= 15 is 0 Å². The van der Waals surface area contributed by atoms with Gasteiger partial charge in [0.2, 0.25) is 0 Å². The molecule has 7 nitrogen and oxygen atoms in total. The Labute approximate surface area is 228 Å². The highest BCUT2D eigenvalue weighted by Crippen LogP contribution is 2.38. The minimum atomic E-state index is 0.127. The maximum Gasteiger partial charge on any atom is 0.182 e. The number of carbonyl (C=O) groups is 1. The highest BCUT2D eigenvalue weighted by Gasteiger charge is 2.26. The second kappa shape index (κ2) is 10.9. The number of Topliss-reactive ketones (excluding diaryl/α,β-unsaturated/α-hetero) is 1. The highest BCUT2D eigenvalue weighted by molar-refractivity contribution is 6.38. The van der Waals surface area contributed by atoms with Crippen LogP contribution in [-0.4, -0.2) is 75.3 Å². The molecular formula is C30H33ClN6O. The molecule has 2 aliphatic rings. The van der Waals surface area contributed by atoms with Crippen LogP contribution in [0.5, 0.6) is 0 Å². The minimum Gasteiger partial charge on any atom is -0.304 e. The van der Waals surface area contributed by atoms with Gasteiger partial charge in [0, 0.05) is 55.3 Å². The van der Waals surface area contributed by atoms with E-state index in [1.54, 1.807) is 0 Å². The quantitative estimate of drug-likeness (QED) is 0.298. The molecule has 8 heteroatoms. The lowest BCUT2D eigenvalue weighted by Gasteiger charge is -2.32. The summed E-state index contributed by atoms with van der Waals surface area (Å²) in [6, 6.07) is 17.7. The molecule has 0 radical (unpaired) electrons. The van der Waals surface area contributed by atoms with Crippen molar-refractivity contribution in [2.24, 2.45) is 5.92 Å². The Balaban J connectivity index is 1.41. The Hall–Kier alpha value is -3.13. The maximum absolute atomic E-state index is 13.2. The predicted molar refractivity (Wildman–Crippen MR) is 151 cm³/mol. The molecule has 4 aromatic rings. The van der Waals surface area contributed by atoms with Gasteiger partial charge in [-0.2, -0.15) is 5.10 Å². The van der Waals surface area contributed by atoms with Crippen LogP contribution < -0.4 is 0 Å². The van der Waals surface area contributed by atoms with Crippen molar-refractivity contribution < 1.29 is 4.79 Å². The van der Waals surface area contributed by atoms with Gasteiger partial charge in [0.15, 0.2) is 11.4 Å². The number of likely N-dealkylation sites (N-methyl/N-ethyl adjacent to an activating group) is 1. The van der Waals surface area contributed by atoms with Crippen molar-refractivity contribution in [3.8, 4) is 22.5 Å². The van der Waals surface area contributed by atoms with Crippen LogP contribution in [0.3, 0.4) is 0 Å². The zero-order valence-electron chi connectivity index (χ0n) is 21.8. The number of piperazine rings is 1. The summed E-state index contributed by atoms with van der Waals surface area (Å²) in [4.78, 5) is 18.0. The van der Waals surface area contributed by atoms with E-state index in [-0.39, 0.29) is 11.7 Å². The number of hydrogen-bond donors (Lipinski definition) is 0. The summed E-state index contributed by atoms with van der Waals surface area (Å²) in [5.74, 6) is 0.362. The molecule has 196 valence electrons. The fraction of sp³-hybridized carbons (Fsp3) is 0.400. The lowest BCUT2D eigenvalue weighted by atomic mass is 9.94. The van der Waals surface area contributed by atoms with Crippen LogP contribution in [0, 0.1) is 5.92 Å². The van der Waals surface area contributed by atoms with Crippen molar-refractivity contribution in [3.63, 3.8) is 0 Å². The van der Waals surface area contributed by atoms with Gasteiger partial charge < -0.3 is 4.90 Å². The van der Waals surface area contributed by atoms with Crippen molar-refractivity contribution in [3.05, 3.63) is 65.2 Å². The average molecular weight is 529 g/mol. The van der Waals surface area contributed by atoms with Gasteiger partial charge in [0.1, 0.15) is 11.4 Å². The SMILES string of the molecule is CN1CCN(CCn2nc(-c3cccc(C(=O)C4CCCC4)c3)c3c(Cl)c(-c4ccccc4)nnc32)CC1. The van der Waals surface area contributed by atoms with Crippen molar-refractivity contribution in [1.29, 1.82) is 0 Å². The molecule has 0 unspecified atom stereocenters. The van der Waals surface area contributed by atoms with E-state index < -0.39 is 0 Å². The molecule has 0 spiro atoms. The summed E-state index contributed by atoms with van der Waals surface area (Å²) in [5, 5.41) is 15.5. The first-order valence-corrected chi connectivity index (χ1v) is 14.0. The van der Waals surface area contributed by atoms with Gasteiger partial charge in [0.25, 0.3) is 0 Å². The number of nitrogens with zero attached hydrogens (tertiary/aromatic N) is 6. The zero-order valence-corrected chi connectivity index (χ0v) is 22.6. The lowest BCUT2D eigenvalue weighted by Crippen LogP contribution is -2.45. The first-order chi connectivity index (χ1) is 18.6. The summed E-state index contributed by atoms with van der Waals surface area (Å²) in [5.41, 5.74) is 4.59. The standard InChI is InChI=1S/C30H33ClN6O/c1-35-14-16-36(17-15-35)18-19-37-30-25(26(31)28(32-33-30)21-8-3-2-4-9-21)27(34-37)23-12-7-13-24(20-23)29(38)22-10-5-6-11-22/h2-4,7-9,12-13,20,22H,5-6,10-11,14-19H2,1H3. The molecule has 3 heterocycles. The second-order valence-electron chi connectivity index (χ2n) is 10.6. The van der Waals surface area contributed by atoms with Crippen LogP contribution in [0.4, 0.5) is 0 Å². The summed E-state index contributed by atoms with van der Waals surface area (Å²) in [6.07, 6.45) is 4.23. The predicted octanol–water partition coefficient (Wildman–Crippen LogP) is 5.43. The third kappa shape index (κ3) is 4.98. The van der Waals surface area contributed by atoms with E-state index in [9.17, 15) is 4.79 Å². The Morgan fingerprint density at radius 3 is 2.39 bits per heavy atom. The number of benzene rings is 2. The topological polar surface area (TPSA) is 67.2 Å². The summed E-state index contributed by atoms with van der Waals surface area (Å²) >= 11 is 7.08. The minimum absolute atomic E-state index is 0.127. The van der Waals surface area contributed by atoms with Crippen molar-refractivity contribution in [2.45, 2.75) is 32.2 Å². The molecule has 0 amide bonds. The molecule has 1 saturated carbocycles. The monoisotopic (exact) mass is 528 g/mol. The molecule has 6 rings (SSSR count). The second-order valence-corrected chi connectivity index (χ2v) is 10.9. The smallest absolute Gasteiger partial charge is 0.182 e. The van der Waals surface area contributed by atoms with Crippen molar-refractivity contribution in [1.82, 2.24) is 29.8 Å². The van der Waals surface area contributed by atoms with Crippen molar-refractivity contribution >= 4 is 28.4 Å². The average Bonchev–Trinajstić information content (AvgIpc) is 3.62. The van der Waals surface area contributed by atoms with Crippen molar-refractivity contribution in [2.75, 3.05) is 39.8 Å². The third-order valence-corrected chi connectivity index (χ3v) is 8.38. The summed E-state index contributed by atoms with van der Waals surface area (Å²) in [7, 11) is 2.16. The van der Waals surface area contributed by atoms with Gasteiger partial charge in [-0.15, -0.1) is 10.2 Å². The zero-order chi connectivity index (χ0) is 26.1. The molecule has 38 heavy (non-hydrogen) atoms. The molecule has 0 atom stereocenters. The maximum atomic E-state index is 13.2. The van der Waals surface area contributed by atoms with Crippen LogP contribution in [-0.2, 0) is 6.54 Å². The molecule has 2 aromatic carbocycles. The van der Waals surface area contributed by atoms with Gasteiger partial charge in [-0.25, -0.2) is 4.68 Å². The van der Waals surface area contributed by atoms with E-state index in [0.29, 0.717) is 22.9 Å². The van der Waals surface area contributed by atoms with E-state index in [1.165, 1.54) is 0 Å². The Bertz CT molecular complexity index is 1440. The number of aromatic nitrogens is 4. The molecule has 1 aliphatic carbocycles. The van der Waals surface area contributed by atoms with E-state index in [4.69, 9.17) is 16.7 Å². The number of ketones is 1. The van der Waals surface area contributed by atoms with Crippen LogP contribution in [0.1, 0.15) is 36.0 Å². The first-order valence-electron chi connectivity index (χ1n) is 13.6. The van der Waals surface area contributed by atoms with E-state index in [2.05, 4.69) is 27.0 Å². The molecule has 2 fully saturated rings. The van der Waals surface area contributed by atoms with Gasteiger partial charge in [-0.1, -0.05) is 73.0 Å². The fourth-order valence-corrected chi connectivity index (χ4v) is 6.03. The largest absolute Gasteiger partial charge is 0.304 e. The van der Waals surface area contributed by atoms with Gasteiger partial charge >= 0.3 is 0 Å².